The zero-order chi connectivity index (χ0) is 17.6. The molecule has 1 heterocycles. The summed E-state index contributed by atoms with van der Waals surface area (Å²) in [5, 5.41) is 3.43. The SMILES string of the molecule is Nc1cccc(Oc2ncccc2C(=O)NCc2ccccc2Cl)c1. The number of carbonyl (C=O) groups excluding carboxylic acids is 1. The van der Waals surface area contributed by atoms with E-state index in [1.807, 2.05) is 18.2 Å². The van der Waals surface area contributed by atoms with Gasteiger partial charge in [-0.25, -0.2) is 4.98 Å². The highest BCUT2D eigenvalue weighted by atomic mass is 35.5. The van der Waals surface area contributed by atoms with Crippen LogP contribution >= 0.6 is 11.6 Å². The summed E-state index contributed by atoms with van der Waals surface area (Å²) < 4.78 is 5.71. The summed E-state index contributed by atoms with van der Waals surface area (Å²) in [6, 6.07) is 17.6. The zero-order valence-electron chi connectivity index (χ0n) is 13.3. The standard InChI is InChI=1S/C19H16ClN3O2/c20-17-9-2-1-5-13(17)12-23-18(24)16-8-4-10-22-19(16)25-15-7-3-6-14(21)11-15/h1-11H,12,21H2,(H,23,24). The Hall–Kier alpha value is -3.05. The molecule has 5 nitrogen and oxygen atoms in total. The third-order valence-electron chi connectivity index (χ3n) is 3.49. The lowest BCUT2D eigenvalue weighted by atomic mass is 10.2. The van der Waals surface area contributed by atoms with Crippen LogP contribution in [-0.4, -0.2) is 10.9 Å². The summed E-state index contributed by atoms with van der Waals surface area (Å²) in [6.45, 7) is 0.311. The summed E-state index contributed by atoms with van der Waals surface area (Å²) in [5.41, 5.74) is 7.48. The summed E-state index contributed by atoms with van der Waals surface area (Å²) >= 11 is 6.11. The van der Waals surface area contributed by atoms with Gasteiger partial charge in [-0.2, -0.15) is 0 Å². The minimum Gasteiger partial charge on any atom is -0.438 e. The Kier molecular flexibility index (Phi) is 5.16. The highest BCUT2D eigenvalue weighted by Crippen LogP contribution is 2.24. The molecule has 0 atom stereocenters. The van der Waals surface area contributed by atoms with Gasteiger partial charge in [0.25, 0.3) is 5.91 Å². The molecule has 0 aliphatic rings. The van der Waals surface area contributed by atoms with Gasteiger partial charge in [-0.05, 0) is 35.9 Å². The molecule has 0 radical (unpaired) electrons. The highest BCUT2D eigenvalue weighted by molar-refractivity contribution is 6.31. The van der Waals surface area contributed by atoms with Gasteiger partial charge in [-0.3, -0.25) is 4.79 Å². The van der Waals surface area contributed by atoms with E-state index < -0.39 is 0 Å². The fourth-order valence-electron chi connectivity index (χ4n) is 2.25. The zero-order valence-corrected chi connectivity index (χ0v) is 14.0. The van der Waals surface area contributed by atoms with Crippen molar-refractivity contribution in [3.63, 3.8) is 0 Å². The second-order valence-electron chi connectivity index (χ2n) is 5.30. The third-order valence-corrected chi connectivity index (χ3v) is 3.85. The molecule has 1 amide bonds. The van der Waals surface area contributed by atoms with Gasteiger partial charge in [-0.1, -0.05) is 35.9 Å². The summed E-state index contributed by atoms with van der Waals surface area (Å²) in [7, 11) is 0. The molecule has 0 saturated carbocycles. The molecule has 0 bridgehead atoms. The Morgan fingerprint density at radius 2 is 1.96 bits per heavy atom. The molecule has 3 N–H and O–H groups in total. The summed E-state index contributed by atoms with van der Waals surface area (Å²) in [6.07, 6.45) is 1.56. The quantitative estimate of drug-likeness (QED) is 0.678. The molecule has 0 fully saturated rings. The van der Waals surface area contributed by atoms with Crippen molar-refractivity contribution in [2.24, 2.45) is 0 Å². The first-order valence-corrected chi connectivity index (χ1v) is 8.01. The third kappa shape index (κ3) is 4.28. The van der Waals surface area contributed by atoms with Gasteiger partial charge in [0.2, 0.25) is 5.88 Å². The van der Waals surface area contributed by atoms with Crippen LogP contribution in [-0.2, 0) is 6.54 Å². The maximum Gasteiger partial charge on any atom is 0.257 e. The molecule has 0 saturated heterocycles. The molecule has 1 aromatic heterocycles. The number of nitrogens with two attached hydrogens (primary N) is 1. The van der Waals surface area contributed by atoms with E-state index in [2.05, 4.69) is 10.3 Å². The molecule has 0 aliphatic heterocycles. The van der Waals surface area contributed by atoms with Gasteiger partial charge in [0.1, 0.15) is 11.3 Å². The Morgan fingerprint density at radius 3 is 2.76 bits per heavy atom. The number of nitrogens with zero attached hydrogens (tertiary/aromatic N) is 1. The summed E-state index contributed by atoms with van der Waals surface area (Å²) in [5.74, 6) is 0.426. The first kappa shape index (κ1) is 16.8. The number of rotatable bonds is 5. The largest absolute Gasteiger partial charge is 0.438 e. The maximum atomic E-state index is 12.5. The number of anilines is 1. The number of benzene rings is 2. The van der Waals surface area contributed by atoms with E-state index >= 15 is 0 Å². The topological polar surface area (TPSA) is 77.2 Å². The predicted molar refractivity (Wildman–Crippen MR) is 97.8 cm³/mol. The van der Waals surface area contributed by atoms with E-state index in [9.17, 15) is 4.79 Å². The lowest BCUT2D eigenvalue weighted by Crippen LogP contribution is -2.23. The van der Waals surface area contributed by atoms with Crippen LogP contribution in [0.5, 0.6) is 11.6 Å². The fraction of sp³-hybridized carbons (Fsp3) is 0.0526. The van der Waals surface area contributed by atoms with Crippen LogP contribution in [0.4, 0.5) is 5.69 Å². The van der Waals surface area contributed by atoms with Crippen molar-refractivity contribution in [2.75, 3.05) is 5.73 Å². The smallest absolute Gasteiger partial charge is 0.257 e. The molecular weight excluding hydrogens is 338 g/mol. The molecule has 25 heavy (non-hydrogen) atoms. The fourth-order valence-corrected chi connectivity index (χ4v) is 2.45. The Morgan fingerprint density at radius 1 is 1.12 bits per heavy atom. The number of amides is 1. The molecule has 3 rings (SSSR count). The lowest BCUT2D eigenvalue weighted by molar-refractivity contribution is 0.0948. The van der Waals surface area contributed by atoms with Crippen LogP contribution in [0.15, 0.2) is 66.9 Å². The Labute approximate surface area is 150 Å². The number of aromatic nitrogens is 1. The number of hydrogen-bond donors (Lipinski definition) is 2. The molecular formula is C19H16ClN3O2. The van der Waals surface area contributed by atoms with Crippen molar-refractivity contribution in [3.8, 4) is 11.6 Å². The molecule has 0 spiro atoms. The van der Waals surface area contributed by atoms with E-state index in [0.717, 1.165) is 5.56 Å². The monoisotopic (exact) mass is 353 g/mol. The number of carbonyl (C=O) groups is 1. The molecule has 0 aliphatic carbocycles. The van der Waals surface area contributed by atoms with Crippen molar-refractivity contribution >= 4 is 23.2 Å². The second kappa shape index (κ2) is 7.68. The first-order valence-electron chi connectivity index (χ1n) is 7.63. The van der Waals surface area contributed by atoms with Crippen molar-refractivity contribution in [1.82, 2.24) is 10.3 Å². The van der Waals surface area contributed by atoms with E-state index in [1.54, 1.807) is 48.7 Å². The van der Waals surface area contributed by atoms with Crippen LogP contribution in [0.1, 0.15) is 15.9 Å². The number of nitrogen functional groups attached to an aromatic ring is 1. The maximum absolute atomic E-state index is 12.5. The average Bonchev–Trinajstić information content (AvgIpc) is 2.61. The van der Waals surface area contributed by atoms with Crippen LogP contribution < -0.4 is 15.8 Å². The number of pyridine rings is 1. The molecule has 6 heteroatoms. The number of halogens is 1. The second-order valence-corrected chi connectivity index (χ2v) is 5.71. The van der Waals surface area contributed by atoms with Crippen molar-refractivity contribution in [1.29, 1.82) is 0 Å². The van der Waals surface area contributed by atoms with Crippen molar-refractivity contribution in [3.05, 3.63) is 83.0 Å². The van der Waals surface area contributed by atoms with Crippen molar-refractivity contribution < 1.29 is 9.53 Å². The Bertz CT molecular complexity index is 899. The summed E-state index contributed by atoms with van der Waals surface area (Å²) in [4.78, 5) is 16.7. The van der Waals surface area contributed by atoms with E-state index in [-0.39, 0.29) is 11.8 Å². The van der Waals surface area contributed by atoms with Crippen LogP contribution in [0.2, 0.25) is 5.02 Å². The molecule has 2 aromatic carbocycles. The van der Waals surface area contributed by atoms with Gasteiger partial charge >= 0.3 is 0 Å². The lowest BCUT2D eigenvalue weighted by Gasteiger charge is -2.11. The van der Waals surface area contributed by atoms with Gasteiger partial charge in [0.15, 0.2) is 0 Å². The minimum atomic E-state index is -0.299. The van der Waals surface area contributed by atoms with Crippen LogP contribution in [0, 0.1) is 0 Å². The Balaban J connectivity index is 1.76. The number of hydrogen-bond acceptors (Lipinski definition) is 4. The normalized spacial score (nSPS) is 10.3. The van der Waals surface area contributed by atoms with Gasteiger partial charge in [0.05, 0.1) is 0 Å². The molecule has 3 aromatic rings. The van der Waals surface area contributed by atoms with Crippen LogP contribution in [0.3, 0.4) is 0 Å². The minimum absolute atomic E-state index is 0.213. The molecule has 0 unspecified atom stereocenters. The van der Waals surface area contributed by atoms with Gasteiger partial charge in [-0.15, -0.1) is 0 Å². The highest BCUT2D eigenvalue weighted by Gasteiger charge is 2.14. The first-order chi connectivity index (χ1) is 12.1. The van der Waals surface area contributed by atoms with Gasteiger partial charge < -0.3 is 15.8 Å². The van der Waals surface area contributed by atoms with Crippen molar-refractivity contribution in [2.45, 2.75) is 6.54 Å². The van der Waals surface area contributed by atoms with Crippen LogP contribution in [0.25, 0.3) is 0 Å². The predicted octanol–water partition coefficient (Wildman–Crippen LogP) is 4.04. The van der Waals surface area contributed by atoms with Gasteiger partial charge in [0, 0.05) is 29.5 Å². The van der Waals surface area contributed by atoms with E-state index in [4.69, 9.17) is 22.1 Å². The van der Waals surface area contributed by atoms with E-state index in [1.165, 1.54) is 0 Å². The number of nitrogens with one attached hydrogen (secondary N) is 1. The molecule has 126 valence electrons. The van der Waals surface area contributed by atoms with E-state index in [0.29, 0.717) is 28.6 Å². The average molecular weight is 354 g/mol. The number of ether oxygens (including phenoxy) is 1.